The first kappa shape index (κ1) is 40.6. The molecule has 0 unspecified atom stereocenters. The van der Waals surface area contributed by atoms with Crippen molar-refractivity contribution in [1.82, 2.24) is 10.6 Å². The Kier molecular flexibility index (Phi) is 15.6. The fourth-order valence-electron chi connectivity index (χ4n) is 5.35. The maximum atomic E-state index is 13.6. The molecule has 0 spiro atoms. The Morgan fingerprint density at radius 3 is 1.35 bits per heavy atom. The van der Waals surface area contributed by atoms with Gasteiger partial charge in [-0.05, 0) is 59.6 Å². The normalized spacial score (nSPS) is 11.9. The molecule has 0 saturated carbocycles. The smallest absolute Gasteiger partial charge is 0.408 e. The fraction of sp³-hybridized carbons (Fsp3) is 0.310. The monoisotopic (exact) mass is 736 g/mol. The Bertz CT molecular complexity index is 1730. The fourth-order valence-corrected chi connectivity index (χ4v) is 5.35. The summed E-state index contributed by atoms with van der Waals surface area (Å²) in [7, 11) is 0. The Labute approximate surface area is 316 Å². The number of anilines is 2. The molecule has 0 aliphatic rings. The molecule has 0 bridgehead atoms. The van der Waals surface area contributed by atoms with Crippen LogP contribution in [0.4, 0.5) is 21.0 Å². The van der Waals surface area contributed by atoms with E-state index in [1.807, 2.05) is 91.0 Å². The number of carbonyl (C=O) groups is 5. The van der Waals surface area contributed by atoms with Gasteiger partial charge in [0.2, 0.25) is 11.8 Å². The van der Waals surface area contributed by atoms with E-state index in [4.69, 9.17) is 14.2 Å². The van der Waals surface area contributed by atoms with Crippen molar-refractivity contribution in [2.24, 2.45) is 11.8 Å². The number of amides is 4. The summed E-state index contributed by atoms with van der Waals surface area (Å²) in [5.41, 5.74) is 3.07. The summed E-state index contributed by atoms with van der Waals surface area (Å²) < 4.78 is 16.2. The van der Waals surface area contributed by atoms with Crippen LogP contribution in [0.3, 0.4) is 0 Å². The summed E-state index contributed by atoms with van der Waals surface area (Å²) >= 11 is 0. The molecule has 4 amide bonds. The summed E-state index contributed by atoms with van der Waals surface area (Å²) in [4.78, 5) is 65.8. The number of ether oxygens (including phenoxy) is 3. The molecule has 54 heavy (non-hydrogen) atoms. The van der Waals surface area contributed by atoms with E-state index in [0.29, 0.717) is 12.8 Å². The Hall–Kier alpha value is -6.17. The molecular formula is C42H48N4O8. The van der Waals surface area contributed by atoms with Gasteiger partial charge in [-0.25, -0.2) is 14.4 Å². The average molecular weight is 737 g/mol. The lowest BCUT2D eigenvalue weighted by molar-refractivity contribution is -0.119. The van der Waals surface area contributed by atoms with Crippen LogP contribution < -0.4 is 21.3 Å². The van der Waals surface area contributed by atoms with E-state index in [9.17, 15) is 24.0 Å². The van der Waals surface area contributed by atoms with Crippen molar-refractivity contribution in [3.63, 3.8) is 0 Å². The second kappa shape index (κ2) is 20.8. The topological polar surface area (TPSA) is 161 Å². The molecule has 12 nitrogen and oxygen atoms in total. The third kappa shape index (κ3) is 13.4. The largest absolute Gasteiger partial charge is 0.462 e. The van der Waals surface area contributed by atoms with Crippen LogP contribution in [0.15, 0.2) is 109 Å². The Morgan fingerprint density at radius 2 is 0.944 bits per heavy atom. The number of alkyl carbamates (subject to hydrolysis) is 2. The van der Waals surface area contributed by atoms with Crippen molar-refractivity contribution >= 4 is 41.3 Å². The van der Waals surface area contributed by atoms with Gasteiger partial charge in [-0.3, -0.25) is 9.59 Å². The predicted molar refractivity (Wildman–Crippen MR) is 206 cm³/mol. The lowest BCUT2D eigenvalue weighted by Gasteiger charge is -2.23. The van der Waals surface area contributed by atoms with Gasteiger partial charge in [0, 0.05) is 11.4 Å². The van der Waals surface area contributed by atoms with Crippen LogP contribution in [-0.4, -0.2) is 48.7 Å². The molecule has 0 saturated heterocycles. The SMILES string of the molecule is CC(C)[C@H](NC(=O)OCc1ccccc1)C(=O)Nc1cc(NC(=O)[C@@H](NC(=O)OCc2ccccc2)C(C)C)cc(C(=O)OCCCc2ccccc2)c1. The lowest BCUT2D eigenvalue weighted by atomic mass is 10.0. The molecule has 0 aliphatic carbocycles. The minimum absolute atomic E-state index is 0.0225. The number of rotatable bonds is 17. The predicted octanol–water partition coefficient (Wildman–Crippen LogP) is 7.26. The van der Waals surface area contributed by atoms with E-state index >= 15 is 0 Å². The van der Waals surface area contributed by atoms with Crippen LogP contribution in [0.25, 0.3) is 0 Å². The summed E-state index contributed by atoms with van der Waals surface area (Å²) in [5.74, 6) is -2.50. The van der Waals surface area contributed by atoms with Gasteiger partial charge >= 0.3 is 18.2 Å². The number of hydrogen-bond acceptors (Lipinski definition) is 8. The number of esters is 1. The van der Waals surface area contributed by atoms with Crippen LogP contribution in [0.5, 0.6) is 0 Å². The summed E-state index contributed by atoms with van der Waals surface area (Å²) in [6.07, 6.45) is -0.258. The van der Waals surface area contributed by atoms with Gasteiger partial charge < -0.3 is 35.5 Å². The maximum Gasteiger partial charge on any atom is 0.408 e. The first-order valence-electron chi connectivity index (χ1n) is 17.9. The van der Waals surface area contributed by atoms with E-state index in [0.717, 1.165) is 16.7 Å². The molecule has 0 aromatic heterocycles. The molecule has 4 aromatic carbocycles. The van der Waals surface area contributed by atoms with Crippen LogP contribution in [0.2, 0.25) is 0 Å². The third-order valence-corrected chi connectivity index (χ3v) is 8.26. The van der Waals surface area contributed by atoms with Crippen molar-refractivity contribution in [2.45, 2.75) is 65.8 Å². The molecule has 0 radical (unpaired) electrons. The maximum absolute atomic E-state index is 13.6. The second-order valence-corrected chi connectivity index (χ2v) is 13.4. The van der Waals surface area contributed by atoms with Crippen molar-refractivity contribution in [1.29, 1.82) is 0 Å². The van der Waals surface area contributed by atoms with Crippen LogP contribution in [0, 0.1) is 11.8 Å². The zero-order valence-corrected chi connectivity index (χ0v) is 31.0. The van der Waals surface area contributed by atoms with E-state index in [2.05, 4.69) is 21.3 Å². The summed E-state index contributed by atoms with van der Waals surface area (Å²) in [6.45, 7) is 7.24. The van der Waals surface area contributed by atoms with E-state index < -0.39 is 42.1 Å². The number of benzene rings is 4. The number of hydrogen-bond donors (Lipinski definition) is 4. The second-order valence-electron chi connectivity index (χ2n) is 13.4. The summed E-state index contributed by atoms with van der Waals surface area (Å²) in [5, 5.41) is 10.8. The van der Waals surface area contributed by atoms with Gasteiger partial charge in [0.1, 0.15) is 25.3 Å². The van der Waals surface area contributed by atoms with Gasteiger partial charge in [0.05, 0.1) is 12.2 Å². The highest BCUT2D eigenvalue weighted by Crippen LogP contribution is 2.22. The highest BCUT2D eigenvalue weighted by atomic mass is 16.6. The zero-order valence-electron chi connectivity index (χ0n) is 31.0. The number of carbonyl (C=O) groups excluding carboxylic acids is 5. The highest BCUT2D eigenvalue weighted by molar-refractivity contribution is 6.02. The van der Waals surface area contributed by atoms with Gasteiger partial charge in [-0.15, -0.1) is 0 Å². The van der Waals surface area contributed by atoms with Gasteiger partial charge in [-0.2, -0.15) is 0 Å². The molecule has 0 fully saturated rings. The van der Waals surface area contributed by atoms with Crippen molar-refractivity contribution in [3.8, 4) is 0 Å². The van der Waals surface area contributed by atoms with Crippen LogP contribution in [-0.2, 0) is 43.4 Å². The molecule has 0 aliphatic heterocycles. The highest BCUT2D eigenvalue weighted by Gasteiger charge is 2.28. The molecule has 4 N–H and O–H groups in total. The Balaban J connectivity index is 1.47. The first-order chi connectivity index (χ1) is 26.0. The molecule has 0 heterocycles. The van der Waals surface area contributed by atoms with Gasteiger partial charge in [0.15, 0.2) is 0 Å². The quantitative estimate of drug-likeness (QED) is 0.0501. The molecule has 4 rings (SSSR count). The third-order valence-electron chi connectivity index (χ3n) is 8.26. The van der Waals surface area contributed by atoms with E-state index in [1.54, 1.807) is 27.7 Å². The van der Waals surface area contributed by atoms with Crippen molar-refractivity contribution in [3.05, 3.63) is 131 Å². The zero-order chi connectivity index (χ0) is 38.9. The van der Waals surface area contributed by atoms with E-state index in [1.165, 1.54) is 18.2 Å². The first-order valence-corrected chi connectivity index (χ1v) is 17.9. The molecular weight excluding hydrogens is 688 g/mol. The lowest BCUT2D eigenvalue weighted by Crippen LogP contribution is -2.47. The summed E-state index contributed by atoms with van der Waals surface area (Å²) in [6, 6.07) is 30.4. The number of aryl methyl sites for hydroxylation is 1. The van der Waals surface area contributed by atoms with Gasteiger partial charge in [-0.1, -0.05) is 119 Å². The van der Waals surface area contributed by atoms with Crippen LogP contribution >= 0.6 is 0 Å². The van der Waals surface area contributed by atoms with Crippen molar-refractivity contribution < 1.29 is 38.2 Å². The van der Waals surface area contributed by atoms with Crippen molar-refractivity contribution in [2.75, 3.05) is 17.2 Å². The minimum Gasteiger partial charge on any atom is -0.462 e. The van der Waals surface area contributed by atoms with E-state index in [-0.39, 0.29) is 48.6 Å². The number of nitrogens with one attached hydrogen (secondary N) is 4. The van der Waals surface area contributed by atoms with Crippen LogP contribution in [0.1, 0.15) is 61.2 Å². The Morgan fingerprint density at radius 1 is 0.537 bits per heavy atom. The average Bonchev–Trinajstić information content (AvgIpc) is 3.16. The molecule has 2 atom stereocenters. The minimum atomic E-state index is -1.00. The molecule has 12 heteroatoms. The molecule has 284 valence electrons. The standard InChI is InChI=1S/C42H48N4O8/c1-28(2)36(45-41(50)53-26-31-17-10-6-11-18-31)38(47)43-34-23-33(40(49)52-22-14-21-30-15-8-5-9-16-30)24-35(25-34)44-39(48)37(29(3)4)46-42(51)54-27-32-19-12-7-13-20-32/h5-13,15-20,23-25,28-29,36-37H,14,21-22,26-27H2,1-4H3,(H,43,47)(H,44,48)(H,45,50)(H,46,51)/t36-,37-/m0/s1. The van der Waals surface area contributed by atoms with Gasteiger partial charge in [0.25, 0.3) is 0 Å². The molecule has 4 aromatic rings.